The summed E-state index contributed by atoms with van der Waals surface area (Å²) in [6, 6.07) is 10.4. The van der Waals surface area contributed by atoms with E-state index in [1.807, 2.05) is 6.07 Å². The zero-order valence-electron chi connectivity index (χ0n) is 10.6. The maximum Gasteiger partial charge on any atom is 0.150 e. The molecule has 0 amide bonds. The molecule has 0 saturated heterocycles. The Kier molecular flexibility index (Phi) is 4.21. The summed E-state index contributed by atoms with van der Waals surface area (Å²) in [5.74, 6) is -1.59. The van der Waals surface area contributed by atoms with Crippen molar-refractivity contribution >= 4 is 17.3 Å². The van der Waals surface area contributed by atoms with Crippen LogP contribution in [0.5, 0.6) is 0 Å². The highest BCUT2D eigenvalue weighted by Gasteiger charge is 2.14. The lowest BCUT2D eigenvalue weighted by atomic mass is 10.1. The highest BCUT2D eigenvalue weighted by molar-refractivity contribution is 6.30. The standard InChI is InChI=1S/C15H11ClF2N2/c1-9(11-3-2-4-12(16)7-11)20-15-13(17)5-10(8-19)6-14(15)18/h2-7,9,20H,1H3. The van der Waals surface area contributed by atoms with E-state index in [9.17, 15) is 8.78 Å². The van der Waals surface area contributed by atoms with Crippen LogP contribution >= 0.6 is 11.6 Å². The molecule has 1 unspecified atom stereocenters. The first-order chi connectivity index (χ1) is 9.51. The molecule has 0 aliphatic rings. The fraction of sp³-hybridized carbons (Fsp3) is 0.133. The molecule has 0 aliphatic carbocycles. The van der Waals surface area contributed by atoms with Crippen LogP contribution in [0.2, 0.25) is 5.02 Å². The van der Waals surface area contributed by atoms with Crippen molar-refractivity contribution < 1.29 is 8.78 Å². The first-order valence-electron chi connectivity index (χ1n) is 5.92. The summed E-state index contributed by atoms with van der Waals surface area (Å²) in [6.07, 6.45) is 0. The molecule has 2 rings (SSSR count). The van der Waals surface area contributed by atoms with E-state index in [0.717, 1.165) is 17.7 Å². The molecule has 1 atom stereocenters. The highest BCUT2D eigenvalue weighted by Crippen LogP contribution is 2.26. The Morgan fingerprint density at radius 3 is 2.40 bits per heavy atom. The fourth-order valence-electron chi connectivity index (χ4n) is 1.85. The third kappa shape index (κ3) is 3.06. The van der Waals surface area contributed by atoms with E-state index < -0.39 is 11.6 Å². The monoisotopic (exact) mass is 292 g/mol. The van der Waals surface area contributed by atoms with Crippen LogP contribution in [-0.2, 0) is 0 Å². The number of hydrogen-bond donors (Lipinski definition) is 1. The van der Waals surface area contributed by atoms with Gasteiger partial charge in [0.25, 0.3) is 0 Å². The Morgan fingerprint density at radius 1 is 1.20 bits per heavy atom. The normalized spacial score (nSPS) is 11.8. The summed E-state index contributed by atoms with van der Waals surface area (Å²) >= 11 is 5.88. The van der Waals surface area contributed by atoms with Crippen LogP contribution in [0.4, 0.5) is 14.5 Å². The summed E-state index contributed by atoms with van der Waals surface area (Å²) in [6.45, 7) is 1.77. The molecule has 20 heavy (non-hydrogen) atoms. The molecule has 0 radical (unpaired) electrons. The number of halogens is 3. The first kappa shape index (κ1) is 14.3. The van der Waals surface area contributed by atoms with Crippen LogP contribution in [0.15, 0.2) is 36.4 Å². The Balaban J connectivity index is 2.29. The molecule has 102 valence electrons. The second kappa shape index (κ2) is 5.89. The number of anilines is 1. The minimum atomic E-state index is -0.796. The van der Waals surface area contributed by atoms with E-state index in [1.54, 1.807) is 31.2 Å². The van der Waals surface area contributed by atoms with Gasteiger partial charge in [-0.25, -0.2) is 8.78 Å². The van der Waals surface area contributed by atoms with E-state index in [1.165, 1.54) is 0 Å². The molecule has 5 heteroatoms. The molecule has 2 aromatic rings. The SMILES string of the molecule is CC(Nc1c(F)cc(C#N)cc1F)c1cccc(Cl)c1. The minimum Gasteiger partial charge on any atom is -0.374 e. The summed E-state index contributed by atoms with van der Waals surface area (Å²) in [4.78, 5) is 0. The number of nitriles is 1. The van der Waals surface area contributed by atoms with E-state index in [2.05, 4.69) is 5.32 Å². The van der Waals surface area contributed by atoms with Gasteiger partial charge in [0.1, 0.15) is 5.69 Å². The molecule has 0 bridgehead atoms. The Hall–Kier alpha value is -2.12. The average molecular weight is 293 g/mol. The summed E-state index contributed by atoms with van der Waals surface area (Å²) < 4.78 is 27.5. The number of hydrogen-bond acceptors (Lipinski definition) is 2. The van der Waals surface area contributed by atoms with Crippen molar-refractivity contribution in [2.75, 3.05) is 5.32 Å². The summed E-state index contributed by atoms with van der Waals surface area (Å²) in [5, 5.41) is 12.0. The van der Waals surface area contributed by atoms with Gasteiger partial charge >= 0.3 is 0 Å². The van der Waals surface area contributed by atoms with Gasteiger partial charge in [-0.3, -0.25) is 0 Å². The molecule has 0 aromatic heterocycles. The molecule has 0 aliphatic heterocycles. The molecule has 0 saturated carbocycles. The molecular weight excluding hydrogens is 282 g/mol. The first-order valence-corrected chi connectivity index (χ1v) is 6.30. The Bertz CT molecular complexity index is 657. The lowest BCUT2D eigenvalue weighted by Crippen LogP contribution is -2.10. The molecule has 2 aromatic carbocycles. The van der Waals surface area contributed by atoms with Gasteiger partial charge in [0.2, 0.25) is 0 Å². The topological polar surface area (TPSA) is 35.8 Å². The number of nitrogens with one attached hydrogen (secondary N) is 1. The Labute approximate surface area is 120 Å². The maximum atomic E-state index is 13.8. The zero-order chi connectivity index (χ0) is 14.7. The van der Waals surface area contributed by atoms with Crippen molar-refractivity contribution in [1.29, 1.82) is 5.26 Å². The van der Waals surface area contributed by atoms with Crippen LogP contribution in [0.25, 0.3) is 0 Å². The quantitative estimate of drug-likeness (QED) is 0.893. The van der Waals surface area contributed by atoms with Crippen molar-refractivity contribution in [2.24, 2.45) is 0 Å². The van der Waals surface area contributed by atoms with E-state index in [-0.39, 0.29) is 17.3 Å². The van der Waals surface area contributed by atoms with E-state index in [0.29, 0.717) is 5.02 Å². The van der Waals surface area contributed by atoms with Gasteiger partial charge in [-0.05, 0) is 36.8 Å². The van der Waals surface area contributed by atoms with Crippen molar-refractivity contribution in [3.05, 3.63) is 64.2 Å². The molecule has 1 N–H and O–H groups in total. The minimum absolute atomic E-state index is 0.0547. The number of benzene rings is 2. The maximum absolute atomic E-state index is 13.8. The van der Waals surface area contributed by atoms with Crippen LogP contribution in [0, 0.1) is 23.0 Å². The second-order valence-electron chi connectivity index (χ2n) is 4.35. The summed E-state index contributed by atoms with van der Waals surface area (Å²) in [7, 11) is 0. The molecule has 0 fully saturated rings. The van der Waals surface area contributed by atoms with Gasteiger partial charge in [0.05, 0.1) is 11.6 Å². The summed E-state index contributed by atoms with van der Waals surface area (Å²) in [5.41, 5.74) is 0.498. The number of rotatable bonds is 3. The molecular formula is C15H11ClF2N2. The van der Waals surface area contributed by atoms with Crippen molar-refractivity contribution in [1.82, 2.24) is 0 Å². The smallest absolute Gasteiger partial charge is 0.150 e. The van der Waals surface area contributed by atoms with Crippen molar-refractivity contribution in [3.63, 3.8) is 0 Å². The van der Waals surface area contributed by atoms with Crippen molar-refractivity contribution in [2.45, 2.75) is 13.0 Å². The molecule has 0 spiro atoms. The second-order valence-corrected chi connectivity index (χ2v) is 4.78. The number of nitrogens with zero attached hydrogens (tertiary/aromatic N) is 1. The van der Waals surface area contributed by atoms with Crippen molar-refractivity contribution in [3.8, 4) is 6.07 Å². The zero-order valence-corrected chi connectivity index (χ0v) is 11.4. The van der Waals surface area contributed by atoms with Crippen LogP contribution < -0.4 is 5.32 Å². The third-order valence-corrected chi connectivity index (χ3v) is 3.12. The predicted octanol–water partition coefficient (Wildman–Crippen LogP) is 4.66. The van der Waals surface area contributed by atoms with Gasteiger partial charge in [-0.2, -0.15) is 5.26 Å². The van der Waals surface area contributed by atoms with Gasteiger partial charge in [0, 0.05) is 11.1 Å². The predicted molar refractivity (Wildman–Crippen MR) is 74.6 cm³/mol. The van der Waals surface area contributed by atoms with Crippen LogP contribution in [0.3, 0.4) is 0 Å². The van der Waals surface area contributed by atoms with Gasteiger partial charge in [-0.1, -0.05) is 23.7 Å². The van der Waals surface area contributed by atoms with Gasteiger partial charge < -0.3 is 5.32 Å². The fourth-order valence-corrected chi connectivity index (χ4v) is 2.05. The third-order valence-electron chi connectivity index (χ3n) is 2.88. The molecule has 0 heterocycles. The van der Waals surface area contributed by atoms with Crippen LogP contribution in [0.1, 0.15) is 24.1 Å². The van der Waals surface area contributed by atoms with Gasteiger partial charge in [0.15, 0.2) is 11.6 Å². The van der Waals surface area contributed by atoms with E-state index >= 15 is 0 Å². The van der Waals surface area contributed by atoms with E-state index in [4.69, 9.17) is 16.9 Å². The van der Waals surface area contributed by atoms with Crippen LogP contribution in [-0.4, -0.2) is 0 Å². The average Bonchev–Trinajstić information content (AvgIpc) is 2.42. The lowest BCUT2D eigenvalue weighted by molar-refractivity contribution is 0.584. The molecule has 2 nitrogen and oxygen atoms in total. The largest absolute Gasteiger partial charge is 0.374 e. The Morgan fingerprint density at radius 2 is 1.85 bits per heavy atom. The highest BCUT2D eigenvalue weighted by atomic mass is 35.5. The lowest BCUT2D eigenvalue weighted by Gasteiger charge is -2.17. The van der Waals surface area contributed by atoms with Gasteiger partial charge in [-0.15, -0.1) is 0 Å².